The van der Waals surface area contributed by atoms with Crippen molar-refractivity contribution in [3.05, 3.63) is 45.9 Å². The Balaban J connectivity index is 1.59. The van der Waals surface area contributed by atoms with E-state index in [4.69, 9.17) is 0 Å². The zero-order valence-electron chi connectivity index (χ0n) is 15.2. The molecule has 1 aliphatic rings. The van der Waals surface area contributed by atoms with Gasteiger partial charge in [0.05, 0.1) is 18.6 Å². The first kappa shape index (κ1) is 18.0. The Morgan fingerprint density at radius 2 is 1.96 bits per heavy atom. The molecule has 3 heterocycles. The molecule has 1 N–H and O–H groups in total. The Labute approximate surface area is 152 Å². The molecule has 2 aromatic heterocycles. The maximum Gasteiger partial charge on any atom is 0.256 e. The zero-order valence-corrected chi connectivity index (χ0v) is 15.2. The van der Waals surface area contributed by atoms with Gasteiger partial charge in [-0.2, -0.15) is 0 Å². The Morgan fingerprint density at radius 1 is 1.19 bits per heavy atom. The fourth-order valence-electron chi connectivity index (χ4n) is 2.92. The van der Waals surface area contributed by atoms with E-state index >= 15 is 0 Å². The van der Waals surface area contributed by atoms with E-state index in [1.807, 2.05) is 0 Å². The summed E-state index contributed by atoms with van der Waals surface area (Å²) >= 11 is 0. The topological polar surface area (TPSA) is 93.0 Å². The molecule has 1 saturated heterocycles. The molecule has 1 aliphatic heterocycles. The highest BCUT2D eigenvalue weighted by Gasteiger charge is 2.14. The minimum absolute atomic E-state index is 0.0585. The van der Waals surface area contributed by atoms with E-state index < -0.39 is 0 Å². The van der Waals surface area contributed by atoms with Crippen molar-refractivity contribution in [1.82, 2.24) is 24.8 Å². The first-order valence-corrected chi connectivity index (χ1v) is 8.91. The molecule has 0 saturated carbocycles. The molecule has 2 aromatic rings. The lowest BCUT2D eigenvalue weighted by molar-refractivity contribution is -0.121. The molecule has 1 amide bonds. The van der Waals surface area contributed by atoms with E-state index in [-0.39, 0.29) is 18.0 Å². The largest absolute Gasteiger partial charge is 0.349 e. The molecule has 8 heteroatoms. The molecule has 3 rings (SSSR count). The number of nitrogens with one attached hydrogen (secondary N) is 1. The number of carbonyl (C=O) groups is 1. The van der Waals surface area contributed by atoms with Gasteiger partial charge in [-0.1, -0.05) is 0 Å². The van der Waals surface area contributed by atoms with Gasteiger partial charge in [0.15, 0.2) is 0 Å². The monoisotopic (exact) mass is 356 g/mol. The average molecular weight is 356 g/mol. The van der Waals surface area contributed by atoms with E-state index in [2.05, 4.69) is 25.2 Å². The second kappa shape index (κ2) is 8.07. The zero-order chi connectivity index (χ0) is 18.5. The quantitative estimate of drug-likeness (QED) is 0.858. The van der Waals surface area contributed by atoms with Gasteiger partial charge in [0.1, 0.15) is 6.54 Å². The second-order valence-electron chi connectivity index (χ2n) is 6.56. The smallest absolute Gasteiger partial charge is 0.256 e. The van der Waals surface area contributed by atoms with E-state index in [9.17, 15) is 9.59 Å². The fraction of sp³-hybridized carbons (Fsp3) is 0.500. The van der Waals surface area contributed by atoms with Gasteiger partial charge in [0, 0.05) is 30.5 Å². The highest BCUT2D eigenvalue weighted by Crippen LogP contribution is 2.15. The summed E-state index contributed by atoms with van der Waals surface area (Å²) in [6.07, 6.45) is 6.69. The number of aromatic nitrogens is 4. The summed E-state index contributed by atoms with van der Waals surface area (Å²) < 4.78 is 1.32. The van der Waals surface area contributed by atoms with Crippen molar-refractivity contribution >= 4 is 11.9 Å². The Bertz CT molecular complexity index is 842. The summed E-state index contributed by atoms with van der Waals surface area (Å²) in [6.45, 7) is 5.67. The molecule has 0 atom stereocenters. The van der Waals surface area contributed by atoms with Crippen molar-refractivity contribution in [1.29, 1.82) is 0 Å². The molecule has 8 nitrogen and oxygen atoms in total. The van der Waals surface area contributed by atoms with Crippen LogP contribution in [0, 0.1) is 13.8 Å². The highest BCUT2D eigenvalue weighted by atomic mass is 16.2. The number of carbonyl (C=O) groups excluding carboxylic acids is 1. The minimum atomic E-state index is -0.254. The fourth-order valence-corrected chi connectivity index (χ4v) is 2.92. The van der Waals surface area contributed by atoms with Gasteiger partial charge in [0.25, 0.3) is 5.56 Å². The van der Waals surface area contributed by atoms with Crippen LogP contribution in [0.25, 0.3) is 0 Å². The van der Waals surface area contributed by atoms with Crippen LogP contribution in [0.5, 0.6) is 0 Å². The molecule has 0 bridgehead atoms. The summed E-state index contributed by atoms with van der Waals surface area (Å²) in [4.78, 5) is 39.5. The van der Waals surface area contributed by atoms with Crippen LogP contribution in [-0.2, 0) is 17.9 Å². The highest BCUT2D eigenvalue weighted by molar-refractivity contribution is 5.75. The summed E-state index contributed by atoms with van der Waals surface area (Å²) in [5.41, 5.74) is 1.79. The average Bonchev–Trinajstić information content (AvgIpc) is 2.68. The Hall–Kier alpha value is -2.77. The van der Waals surface area contributed by atoms with Crippen LogP contribution in [0.1, 0.15) is 36.2 Å². The first-order valence-electron chi connectivity index (χ1n) is 8.91. The number of hydrogen-bond donors (Lipinski definition) is 1. The Kier molecular flexibility index (Phi) is 5.60. The molecule has 26 heavy (non-hydrogen) atoms. The summed E-state index contributed by atoms with van der Waals surface area (Å²) in [5, 5.41) is 2.80. The summed E-state index contributed by atoms with van der Waals surface area (Å²) in [5.74, 6) is 0.460. The number of piperidine rings is 1. The predicted molar refractivity (Wildman–Crippen MR) is 97.9 cm³/mol. The maximum atomic E-state index is 12.2. The van der Waals surface area contributed by atoms with E-state index in [1.165, 1.54) is 17.3 Å². The lowest BCUT2D eigenvalue weighted by Gasteiger charge is -2.26. The number of hydrogen-bond acceptors (Lipinski definition) is 6. The number of rotatable bonds is 5. The van der Waals surface area contributed by atoms with Crippen molar-refractivity contribution in [2.24, 2.45) is 0 Å². The van der Waals surface area contributed by atoms with Gasteiger partial charge < -0.3 is 10.2 Å². The van der Waals surface area contributed by atoms with Crippen molar-refractivity contribution in [2.75, 3.05) is 18.0 Å². The third kappa shape index (κ3) is 4.25. The van der Waals surface area contributed by atoms with Crippen LogP contribution in [0.4, 0.5) is 5.95 Å². The molecule has 0 aromatic carbocycles. The number of nitrogens with zero attached hydrogens (tertiary/aromatic N) is 5. The van der Waals surface area contributed by atoms with Gasteiger partial charge in [-0.05, 0) is 39.2 Å². The van der Waals surface area contributed by atoms with Crippen LogP contribution in [0.15, 0.2) is 23.4 Å². The summed E-state index contributed by atoms with van der Waals surface area (Å²) in [6, 6.07) is 1.79. The standard InChI is InChI=1S/C18H24N6O2/c1-13-14(2)21-12-24(17(13)26)11-16(25)20-10-15-6-7-19-18(22-15)23-8-4-3-5-9-23/h6-7,12H,3-5,8-11H2,1-2H3,(H,20,25). The number of amides is 1. The first-order chi connectivity index (χ1) is 12.5. The molecule has 1 fully saturated rings. The van der Waals surface area contributed by atoms with Crippen LogP contribution < -0.4 is 15.8 Å². The normalized spacial score (nSPS) is 14.3. The molecule has 0 unspecified atom stereocenters. The maximum absolute atomic E-state index is 12.2. The number of anilines is 1. The molecular weight excluding hydrogens is 332 g/mol. The van der Waals surface area contributed by atoms with Crippen molar-refractivity contribution in [3.8, 4) is 0 Å². The molecule has 0 radical (unpaired) electrons. The molecular formula is C18H24N6O2. The van der Waals surface area contributed by atoms with E-state index in [0.29, 0.717) is 23.8 Å². The third-order valence-corrected chi connectivity index (χ3v) is 4.64. The van der Waals surface area contributed by atoms with Crippen LogP contribution >= 0.6 is 0 Å². The predicted octanol–water partition coefficient (Wildman–Crippen LogP) is 0.957. The minimum Gasteiger partial charge on any atom is -0.349 e. The van der Waals surface area contributed by atoms with Gasteiger partial charge in [-0.25, -0.2) is 15.0 Å². The van der Waals surface area contributed by atoms with Gasteiger partial charge in [-0.3, -0.25) is 14.2 Å². The van der Waals surface area contributed by atoms with Crippen molar-refractivity contribution in [2.45, 2.75) is 46.2 Å². The van der Waals surface area contributed by atoms with E-state index in [1.54, 1.807) is 26.1 Å². The van der Waals surface area contributed by atoms with Gasteiger partial charge >= 0.3 is 0 Å². The van der Waals surface area contributed by atoms with Crippen LogP contribution in [0.3, 0.4) is 0 Å². The van der Waals surface area contributed by atoms with Gasteiger partial charge in [-0.15, -0.1) is 0 Å². The molecule has 0 spiro atoms. The Morgan fingerprint density at radius 3 is 2.73 bits per heavy atom. The lowest BCUT2D eigenvalue weighted by atomic mass is 10.1. The second-order valence-corrected chi connectivity index (χ2v) is 6.56. The van der Waals surface area contributed by atoms with Crippen LogP contribution in [-0.4, -0.2) is 38.5 Å². The van der Waals surface area contributed by atoms with Gasteiger partial charge in [0.2, 0.25) is 11.9 Å². The molecule has 0 aliphatic carbocycles. The van der Waals surface area contributed by atoms with Crippen molar-refractivity contribution < 1.29 is 4.79 Å². The SMILES string of the molecule is Cc1ncn(CC(=O)NCc2ccnc(N3CCCCC3)n2)c(=O)c1C. The summed E-state index contributed by atoms with van der Waals surface area (Å²) in [7, 11) is 0. The third-order valence-electron chi connectivity index (χ3n) is 4.64. The lowest BCUT2D eigenvalue weighted by Crippen LogP contribution is -2.34. The van der Waals surface area contributed by atoms with Crippen molar-refractivity contribution in [3.63, 3.8) is 0 Å². The molecule has 138 valence electrons. The van der Waals surface area contributed by atoms with Crippen LogP contribution in [0.2, 0.25) is 0 Å². The van der Waals surface area contributed by atoms with E-state index in [0.717, 1.165) is 31.6 Å². The number of aryl methyl sites for hydroxylation is 1.